The minimum atomic E-state index is -0.980. The Labute approximate surface area is 196 Å². The molecule has 2 aliphatic heterocycles. The summed E-state index contributed by atoms with van der Waals surface area (Å²) in [6.07, 6.45) is 1.70. The van der Waals surface area contributed by atoms with Gasteiger partial charge in [-0.3, -0.25) is 4.79 Å². The number of hydrogen-bond donors (Lipinski definition) is 4. The molecule has 0 aromatic heterocycles. The van der Waals surface area contributed by atoms with E-state index in [9.17, 15) is 20.1 Å². The van der Waals surface area contributed by atoms with Gasteiger partial charge in [-0.2, -0.15) is 11.8 Å². The lowest BCUT2D eigenvalue weighted by Crippen LogP contribution is -2.51. The number of carbonyl (C=O) groups excluding carboxylic acids is 1. The summed E-state index contributed by atoms with van der Waals surface area (Å²) in [4.78, 5) is 11.8. The normalized spacial score (nSPS) is 34.4. The van der Waals surface area contributed by atoms with Gasteiger partial charge in [-0.05, 0) is 51.2 Å². The molecule has 9 heteroatoms. The molecule has 2 fully saturated rings. The number of unbranched alkanes of at least 4 members (excludes halogenated alkanes) is 1. The van der Waals surface area contributed by atoms with Crippen molar-refractivity contribution in [3.8, 4) is 0 Å². The van der Waals surface area contributed by atoms with Crippen LogP contribution in [0, 0.1) is 5.92 Å². The lowest BCUT2D eigenvalue weighted by Gasteiger charge is -2.40. The standard InChI is InChI=1S/C23H42O8S/c1-3-18-11-17(26)12-21(29-18)31-22-13-19(27)23(28)20(30-22)14-32-10-6-8-16(15(2)25)7-4-5-9-24/h16-24,26-28H,3-14H2,1-2H3/t16?,17-,18+,19+,20+,21?,22+,23-/m0/s1. The Balaban J connectivity index is 1.73. The van der Waals surface area contributed by atoms with Crippen LogP contribution in [0.3, 0.4) is 0 Å². The highest BCUT2D eigenvalue weighted by molar-refractivity contribution is 7.99. The Morgan fingerprint density at radius 2 is 1.78 bits per heavy atom. The minimum Gasteiger partial charge on any atom is -0.396 e. The highest BCUT2D eigenvalue weighted by Crippen LogP contribution is 2.29. The van der Waals surface area contributed by atoms with Crippen LogP contribution in [-0.4, -0.2) is 87.4 Å². The van der Waals surface area contributed by atoms with Gasteiger partial charge in [-0.15, -0.1) is 0 Å². The highest BCUT2D eigenvalue weighted by atomic mass is 32.2. The molecule has 0 saturated carbocycles. The third-order valence-electron chi connectivity index (χ3n) is 6.30. The molecule has 4 N–H and O–H groups in total. The van der Waals surface area contributed by atoms with E-state index < -0.39 is 37.0 Å². The second kappa shape index (κ2) is 14.9. The van der Waals surface area contributed by atoms with Crippen LogP contribution in [0.4, 0.5) is 0 Å². The zero-order chi connectivity index (χ0) is 23.5. The van der Waals surface area contributed by atoms with Crippen LogP contribution in [0.5, 0.6) is 0 Å². The van der Waals surface area contributed by atoms with Crippen molar-refractivity contribution in [3.63, 3.8) is 0 Å². The predicted octanol–water partition coefficient (Wildman–Crippen LogP) is 2.00. The largest absolute Gasteiger partial charge is 0.396 e. The fourth-order valence-electron chi connectivity index (χ4n) is 4.29. The van der Waals surface area contributed by atoms with Crippen LogP contribution >= 0.6 is 11.8 Å². The lowest BCUT2D eigenvalue weighted by molar-refractivity contribution is -0.316. The fraction of sp³-hybridized carbons (Fsp3) is 0.957. The number of carbonyl (C=O) groups is 1. The summed E-state index contributed by atoms with van der Waals surface area (Å²) in [5, 5.41) is 39.6. The molecule has 0 aliphatic carbocycles. The molecule has 0 aromatic carbocycles. The van der Waals surface area contributed by atoms with Crippen molar-refractivity contribution in [2.75, 3.05) is 18.1 Å². The van der Waals surface area contributed by atoms with E-state index in [2.05, 4.69) is 0 Å². The van der Waals surface area contributed by atoms with E-state index in [1.807, 2.05) is 6.92 Å². The van der Waals surface area contributed by atoms with Gasteiger partial charge in [0.1, 0.15) is 11.9 Å². The summed E-state index contributed by atoms with van der Waals surface area (Å²) in [5.41, 5.74) is 0. The van der Waals surface area contributed by atoms with E-state index in [4.69, 9.17) is 19.3 Å². The van der Waals surface area contributed by atoms with Crippen LogP contribution in [0.25, 0.3) is 0 Å². The maximum atomic E-state index is 11.8. The van der Waals surface area contributed by atoms with Gasteiger partial charge in [0, 0.05) is 31.1 Å². The monoisotopic (exact) mass is 478 g/mol. The molecule has 32 heavy (non-hydrogen) atoms. The Hall–Kier alpha value is -0.260. The van der Waals surface area contributed by atoms with Gasteiger partial charge >= 0.3 is 0 Å². The molecule has 0 spiro atoms. The average molecular weight is 479 g/mol. The van der Waals surface area contributed by atoms with Crippen LogP contribution in [0.1, 0.15) is 71.6 Å². The number of ketones is 1. The van der Waals surface area contributed by atoms with Crippen LogP contribution < -0.4 is 0 Å². The number of rotatable bonds is 14. The van der Waals surface area contributed by atoms with Crippen molar-refractivity contribution in [2.24, 2.45) is 5.92 Å². The number of Topliss-reactive ketones (excluding diaryl/α,β-unsaturated/α-hetero) is 1. The van der Waals surface area contributed by atoms with Crippen molar-refractivity contribution in [1.82, 2.24) is 0 Å². The molecule has 0 amide bonds. The van der Waals surface area contributed by atoms with Crippen molar-refractivity contribution < 1.29 is 39.4 Å². The summed E-state index contributed by atoms with van der Waals surface area (Å²) in [6.45, 7) is 3.79. The second-order valence-corrected chi connectivity index (χ2v) is 10.1. The van der Waals surface area contributed by atoms with E-state index >= 15 is 0 Å². The van der Waals surface area contributed by atoms with Gasteiger partial charge in [0.25, 0.3) is 0 Å². The van der Waals surface area contributed by atoms with Crippen molar-refractivity contribution >= 4 is 17.5 Å². The Morgan fingerprint density at radius 1 is 1.06 bits per heavy atom. The zero-order valence-corrected chi connectivity index (χ0v) is 20.3. The smallest absolute Gasteiger partial charge is 0.163 e. The third kappa shape index (κ3) is 9.54. The Kier molecular flexibility index (Phi) is 13.0. The van der Waals surface area contributed by atoms with Gasteiger partial charge in [-0.1, -0.05) is 13.3 Å². The van der Waals surface area contributed by atoms with E-state index in [-0.39, 0.29) is 30.8 Å². The minimum absolute atomic E-state index is 0.0380. The Morgan fingerprint density at radius 3 is 2.47 bits per heavy atom. The number of hydrogen-bond acceptors (Lipinski definition) is 9. The number of aliphatic hydroxyl groups is 4. The molecule has 0 radical (unpaired) electrons. The van der Waals surface area contributed by atoms with Crippen molar-refractivity contribution in [1.29, 1.82) is 0 Å². The maximum absolute atomic E-state index is 11.8. The zero-order valence-electron chi connectivity index (χ0n) is 19.4. The van der Waals surface area contributed by atoms with Crippen LogP contribution in [0.15, 0.2) is 0 Å². The Bertz CT molecular complexity index is 536. The molecule has 2 saturated heterocycles. The van der Waals surface area contributed by atoms with Gasteiger partial charge in [0.05, 0.1) is 24.4 Å². The summed E-state index contributed by atoms with van der Waals surface area (Å²) >= 11 is 1.63. The van der Waals surface area contributed by atoms with E-state index in [1.54, 1.807) is 18.7 Å². The van der Waals surface area contributed by atoms with E-state index in [0.29, 0.717) is 18.6 Å². The van der Waals surface area contributed by atoms with Crippen molar-refractivity contribution in [3.05, 3.63) is 0 Å². The van der Waals surface area contributed by atoms with Gasteiger partial charge in [-0.25, -0.2) is 0 Å². The predicted molar refractivity (Wildman–Crippen MR) is 122 cm³/mol. The molecule has 2 rings (SSSR count). The first-order valence-electron chi connectivity index (χ1n) is 12.0. The maximum Gasteiger partial charge on any atom is 0.163 e. The third-order valence-corrected chi connectivity index (χ3v) is 7.44. The summed E-state index contributed by atoms with van der Waals surface area (Å²) < 4.78 is 17.6. The molecule has 2 unspecified atom stereocenters. The molecule has 0 bridgehead atoms. The molecule has 2 heterocycles. The molecule has 8 atom stereocenters. The number of thioether (sulfide) groups is 1. The van der Waals surface area contributed by atoms with E-state index in [1.165, 1.54) is 0 Å². The van der Waals surface area contributed by atoms with Crippen LogP contribution in [0.2, 0.25) is 0 Å². The molecular formula is C23H42O8S. The average Bonchev–Trinajstić information content (AvgIpc) is 2.74. The SMILES string of the molecule is CC[C@@H]1C[C@H](O)CC(O[C@@H]2C[C@@H](O)[C@H](O)[C@@H](CSCCCC(CCCCO)C(C)=O)O2)O1. The molecule has 0 aromatic rings. The summed E-state index contributed by atoms with van der Waals surface area (Å²) in [6, 6.07) is 0. The first kappa shape index (κ1) is 28.0. The molecule has 2 aliphatic rings. The molecular weight excluding hydrogens is 436 g/mol. The van der Waals surface area contributed by atoms with Crippen LogP contribution in [-0.2, 0) is 19.0 Å². The van der Waals surface area contributed by atoms with Gasteiger partial charge < -0.3 is 34.6 Å². The van der Waals surface area contributed by atoms with E-state index in [0.717, 1.165) is 44.3 Å². The van der Waals surface area contributed by atoms with Crippen molar-refractivity contribution in [2.45, 2.75) is 115 Å². The number of ether oxygens (including phenoxy) is 3. The summed E-state index contributed by atoms with van der Waals surface area (Å²) in [7, 11) is 0. The van der Waals surface area contributed by atoms with Gasteiger partial charge in [0.2, 0.25) is 0 Å². The quantitative estimate of drug-likeness (QED) is 0.277. The molecule has 8 nitrogen and oxygen atoms in total. The second-order valence-electron chi connectivity index (χ2n) is 9.00. The first-order valence-corrected chi connectivity index (χ1v) is 13.2. The van der Waals surface area contributed by atoms with Gasteiger partial charge in [0.15, 0.2) is 12.6 Å². The first-order chi connectivity index (χ1) is 15.3. The topological polar surface area (TPSA) is 126 Å². The fourth-order valence-corrected chi connectivity index (χ4v) is 5.34. The summed E-state index contributed by atoms with van der Waals surface area (Å²) in [5.74, 6) is 1.58. The lowest BCUT2D eigenvalue weighted by atomic mass is 9.93. The number of aliphatic hydroxyl groups excluding tert-OH is 4. The highest BCUT2D eigenvalue weighted by Gasteiger charge is 2.39. The molecule has 188 valence electrons.